The number of hydrogen-bond donors (Lipinski definition) is 3. The van der Waals surface area contributed by atoms with E-state index in [0.29, 0.717) is 18.7 Å². The number of fused-ring (bicyclic) bond motifs is 1. The second kappa shape index (κ2) is 8.44. The maximum atomic E-state index is 13.2. The van der Waals surface area contributed by atoms with Crippen LogP contribution in [-0.2, 0) is 4.74 Å². The van der Waals surface area contributed by atoms with E-state index in [-0.39, 0.29) is 31.3 Å². The van der Waals surface area contributed by atoms with Crippen molar-refractivity contribution in [1.82, 2.24) is 25.2 Å². The Bertz CT molecular complexity index is 1110. The van der Waals surface area contributed by atoms with E-state index in [1.165, 1.54) is 18.6 Å². The van der Waals surface area contributed by atoms with Crippen LogP contribution in [0.5, 0.6) is 0 Å². The lowest BCUT2D eigenvalue weighted by Crippen LogP contribution is -2.53. The molecule has 0 saturated carbocycles. The molecule has 3 aromatic rings. The van der Waals surface area contributed by atoms with Crippen LogP contribution >= 0.6 is 0 Å². The van der Waals surface area contributed by atoms with Gasteiger partial charge in [0.05, 0.1) is 32.5 Å². The van der Waals surface area contributed by atoms with E-state index in [1.807, 2.05) is 26.0 Å². The molecule has 1 aromatic carbocycles. The second-order valence-electron chi connectivity index (χ2n) is 7.91. The first-order valence-electron chi connectivity index (χ1n) is 10.1. The Balaban J connectivity index is 1.49. The number of rotatable bonds is 4. The van der Waals surface area contributed by atoms with Gasteiger partial charge < -0.3 is 25.0 Å². The molecule has 9 nitrogen and oxygen atoms in total. The van der Waals surface area contributed by atoms with Crippen LogP contribution in [0.4, 0.5) is 0 Å². The molecule has 1 aliphatic heterocycles. The number of carbonyl (C=O) groups is 2. The van der Waals surface area contributed by atoms with E-state index in [1.54, 1.807) is 11.0 Å². The lowest BCUT2D eigenvalue weighted by molar-refractivity contribution is -0.0324. The summed E-state index contributed by atoms with van der Waals surface area (Å²) in [6, 6.07) is 5.54. The summed E-state index contributed by atoms with van der Waals surface area (Å²) in [5, 5.41) is 14.7. The van der Waals surface area contributed by atoms with E-state index >= 15 is 0 Å². The molecule has 1 atom stereocenters. The van der Waals surface area contributed by atoms with Crippen molar-refractivity contribution in [3.05, 3.63) is 59.3 Å². The van der Waals surface area contributed by atoms with Gasteiger partial charge in [0.2, 0.25) is 0 Å². The van der Waals surface area contributed by atoms with E-state index in [9.17, 15) is 14.7 Å². The van der Waals surface area contributed by atoms with Gasteiger partial charge in [0.1, 0.15) is 11.3 Å². The summed E-state index contributed by atoms with van der Waals surface area (Å²) < 4.78 is 5.53. The number of hydrogen-bond acceptors (Lipinski definition) is 6. The highest BCUT2D eigenvalue weighted by Crippen LogP contribution is 2.24. The molecule has 1 saturated heterocycles. The Hall–Kier alpha value is -3.30. The minimum absolute atomic E-state index is 0.00662. The maximum Gasteiger partial charge on any atom is 0.271 e. The van der Waals surface area contributed by atoms with Crippen LogP contribution in [-0.4, -0.2) is 75.2 Å². The third kappa shape index (κ3) is 4.42. The summed E-state index contributed by atoms with van der Waals surface area (Å²) in [4.78, 5) is 38.1. The molecule has 1 aliphatic rings. The van der Waals surface area contributed by atoms with E-state index in [4.69, 9.17) is 4.74 Å². The van der Waals surface area contributed by atoms with Crippen molar-refractivity contribution in [3.63, 3.8) is 0 Å². The summed E-state index contributed by atoms with van der Waals surface area (Å²) in [5.41, 5.74) is 2.42. The van der Waals surface area contributed by atoms with Gasteiger partial charge in [-0.1, -0.05) is 0 Å². The average Bonchev–Trinajstić information content (AvgIpc) is 2.94. The number of aliphatic hydroxyl groups is 1. The van der Waals surface area contributed by atoms with Gasteiger partial charge in [0, 0.05) is 41.1 Å². The summed E-state index contributed by atoms with van der Waals surface area (Å²) in [6.45, 7) is 4.63. The molecule has 2 aromatic heterocycles. The van der Waals surface area contributed by atoms with E-state index in [0.717, 1.165) is 22.2 Å². The molecule has 4 rings (SSSR count). The van der Waals surface area contributed by atoms with Crippen LogP contribution in [0.1, 0.15) is 32.1 Å². The minimum atomic E-state index is -1.42. The molecular weight excluding hydrogens is 398 g/mol. The monoisotopic (exact) mass is 423 g/mol. The Kier molecular flexibility index (Phi) is 5.71. The van der Waals surface area contributed by atoms with Crippen molar-refractivity contribution in [2.45, 2.75) is 19.4 Å². The topological polar surface area (TPSA) is 120 Å². The minimum Gasteiger partial charge on any atom is -0.384 e. The summed E-state index contributed by atoms with van der Waals surface area (Å²) >= 11 is 0. The molecule has 1 unspecified atom stereocenters. The molecule has 0 aliphatic carbocycles. The molecule has 0 radical (unpaired) electrons. The molecule has 9 heteroatoms. The number of H-pyrrole nitrogens is 1. The molecule has 3 N–H and O–H groups in total. The van der Waals surface area contributed by atoms with Gasteiger partial charge >= 0.3 is 0 Å². The second-order valence-corrected chi connectivity index (χ2v) is 7.91. The Morgan fingerprint density at radius 1 is 1.32 bits per heavy atom. The molecule has 31 heavy (non-hydrogen) atoms. The fourth-order valence-electron chi connectivity index (χ4n) is 3.73. The van der Waals surface area contributed by atoms with Crippen LogP contribution < -0.4 is 5.32 Å². The van der Waals surface area contributed by atoms with Gasteiger partial charge in [-0.15, -0.1) is 0 Å². The van der Waals surface area contributed by atoms with Crippen LogP contribution in [0.15, 0.2) is 36.8 Å². The Morgan fingerprint density at radius 2 is 2.16 bits per heavy atom. The third-order valence-electron chi connectivity index (χ3n) is 5.58. The van der Waals surface area contributed by atoms with Gasteiger partial charge in [-0.25, -0.2) is 4.98 Å². The quantitative estimate of drug-likeness (QED) is 0.580. The van der Waals surface area contributed by atoms with Crippen LogP contribution in [0, 0.1) is 13.8 Å². The number of ether oxygens (including phenoxy) is 1. The normalized spacial score (nSPS) is 19.3. The largest absolute Gasteiger partial charge is 0.384 e. The highest BCUT2D eigenvalue weighted by atomic mass is 16.5. The first kappa shape index (κ1) is 21.0. The lowest BCUT2D eigenvalue weighted by atomic mass is 10.0. The first-order chi connectivity index (χ1) is 14.9. The standard InChI is InChI=1S/C22H25N5O4/c1-14-15(2)26-18-4-3-16(9-17(14)18)21(29)27-7-8-31-13-22(30,12-27)11-25-20(28)19-10-23-5-6-24-19/h3-6,9-10,26,30H,7-8,11-13H2,1-2H3,(H,25,28). The third-order valence-corrected chi connectivity index (χ3v) is 5.58. The van der Waals surface area contributed by atoms with Crippen LogP contribution in [0.3, 0.4) is 0 Å². The average molecular weight is 423 g/mol. The van der Waals surface area contributed by atoms with Gasteiger partial charge in [0.25, 0.3) is 11.8 Å². The number of nitrogens with zero attached hydrogens (tertiary/aromatic N) is 3. The van der Waals surface area contributed by atoms with Crippen molar-refractivity contribution in [2.24, 2.45) is 0 Å². The first-order valence-corrected chi connectivity index (χ1v) is 10.1. The number of β-amino-alcohol motifs (C(OH)–C–C–N with tert-alkyl or cyclic N) is 1. The lowest BCUT2D eigenvalue weighted by Gasteiger charge is -2.31. The number of nitrogens with one attached hydrogen (secondary N) is 2. The molecular formula is C22H25N5O4. The van der Waals surface area contributed by atoms with Gasteiger partial charge in [0.15, 0.2) is 0 Å². The van der Waals surface area contributed by atoms with E-state index < -0.39 is 11.5 Å². The summed E-state index contributed by atoms with van der Waals surface area (Å²) in [6.07, 6.45) is 4.24. The van der Waals surface area contributed by atoms with Gasteiger partial charge in [-0.2, -0.15) is 0 Å². The Labute approximate surface area is 179 Å². The number of aromatic nitrogens is 3. The maximum absolute atomic E-state index is 13.2. The van der Waals surface area contributed by atoms with Crippen molar-refractivity contribution in [3.8, 4) is 0 Å². The van der Waals surface area contributed by atoms with Crippen molar-refractivity contribution in [1.29, 1.82) is 0 Å². The predicted molar refractivity (Wildman–Crippen MR) is 114 cm³/mol. The molecule has 2 amide bonds. The van der Waals surface area contributed by atoms with Crippen LogP contribution in [0.2, 0.25) is 0 Å². The zero-order valence-electron chi connectivity index (χ0n) is 17.5. The summed E-state index contributed by atoms with van der Waals surface area (Å²) in [5.74, 6) is -0.642. The SMILES string of the molecule is Cc1[nH]c2ccc(C(=O)N3CCOCC(O)(CNC(=O)c4cnccn4)C3)cc2c1C. The van der Waals surface area contributed by atoms with Gasteiger partial charge in [-0.05, 0) is 37.6 Å². The zero-order chi connectivity index (χ0) is 22.0. The number of aryl methyl sites for hydroxylation is 2. The molecule has 0 spiro atoms. The number of carbonyl (C=O) groups excluding carboxylic acids is 2. The fourth-order valence-corrected chi connectivity index (χ4v) is 3.73. The van der Waals surface area contributed by atoms with Gasteiger partial charge in [-0.3, -0.25) is 14.6 Å². The molecule has 0 bridgehead atoms. The smallest absolute Gasteiger partial charge is 0.271 e. The Morgan fingerprint density at radius 3 is 2.94 bits per heavy atom. The fraction of sp³-hybridized carbons (Fsp3) is 0.364. The molecule has 162 valence electrons. The number of aromatic amines is 1. The zero-order valence-corrected chi connectivity index (χ0v) is 17.5. The van der Waals surface area contributed by atoms with Crippen molar-refractivity contribution >= 4 is 22.7 Å². The molecule has 1 fully saturated rings. The van der Waals surface area contributed by atoms with E-state index in [2.05, 4.69) is 20.3 Å². The summed E-state index contributed by atoms with van der Waals surface area (Å²) in [7, 11) is 0. The highest BCUT2D eigenvalue weighted by Gasteiger charge is 2.35. The number of benzene rings is 1. The van der Waals surface area contributed by atoms with Crippen molar-refractivity contribution in [2.75, 3.05) is 32.8 Å². The number of amides is 2. The van der Waals surface area contributed by atoms with Crippen LogP contribution in [0.25, 0.3) is 10.9 Å². The highest BCUT2D eigenvalue weighted by molar-refractivity contribution is 5.99. The van der Waals surface area contributed by atoms with Crippen molar-refractivity contribution < 1.29 is 19.4 Å². The molecule has 3 heterocycles. The predicted octanol–water partition coefficient (Wildman–Crippen LogP) is 1.21.